The Morgan fingerprint density at radius 1 is 1.15 bits per heavy atom. The highest BCUT2D eigenvalue weighted by Crippen LogP contribution is 2.26. The predicted molar refractivity (Wildman–Crippen MR) is 79.5 cm³/mol. The molecule has 1 saturated heterocycles. The predicted octanol–water partition coefficient (Wildman–Crippen LogP) is 2.26. The molecule has 108 valence electrons. The van der Waals surface area contributed by atoms with E-state index < -0.39 is 6.04 Å². The maximum Gasteiger partial charge on any atom is 0.250 e. The molecule has 1 aromatic rings. The highest BCUT2D eigenvalue weighted by molar-refractivity contribution is 6.01. The summed E-state index contributed by atoms with van der Waals surface area (Å²) in [4.78, 5) is 26.3. The Bertz CT molecular complexity index is 514. The minimum atomic E-state index is -0.487. The van der Waals surface area contributed by atoms with Gasteiger partial charge in [0, 0.05) is 18.7 Å². The monoisotopic (exact) mass is 274 g/mol. The number of nitrogens with one attached hydrogen (secondary N) is 1. The lowest BCUT2D eigenvalue weighted by Gasteiger charge is -2.32. The largest absolute Gasteiger partial charge is 0.344 e. The number of carbonyl (C=O) groups excluding carboxylic acids is 2. The topological polar surface area (TPSA) is 49.4 Å². The molecule has 0 radical (unpaired) electrons. The SMILES string of the molecule is Cc1ccc(N2CCC(=O)NC(C(C)(C)C)C2=O)cc1. The van der Waals surface area contributed by atoms with E-state index >= 15 is 0 Å². The fourth-order valence-electron chi connectivity index (χ4n) is 2.34. The first kappa shape index (κ1) is 14.6. The van der Waals surface area contributed by atoms with Gasteiger partial charge in [0.15, 0.2) is 0 Å². The Morgan fingerprint density at radius 2 is 1.75 bits per heavy atom. The van der Waals surface area contributed by atoms with Gasteiger partial charge >= 0.3 is 0 Å². The number of hydrogen-bond acceptors (Lipinski definition) is 2. The van der Waals surface area contributed by atoms with E-state index in [0.29, 0.717) is 13.0 Å². The second-order valence-corrected chi connectivity index (χ2v) is 6.44. The van der Waals surface area contributed by atoms with E-state index in [1.54, 1.807) is 4.90 Å². The Kier molecular flexibility index (Phi) is 3.84. The number of hydrogen-bond donors (Lipinski definition) is 1. The highest BCUT2D eigenvalue weighted by atomic mass is 16.2. The van der Waals surface area contributed by atoms with Crippen molar-refractivity contribution < 1.29 is 9.59 Å². The minimum absolute atomic E-state index is 0.0350. The molecule has 4 nitrogen and oxygen atoms in total. The van der Waals surface area contributed by atoms with E-state index in [9.17, 15) is 9.59 Å². The van der Waals surface area contributed by atoms with Crippen LogP contribution < -0.4 is 10.2 Å². The van der Waals surface area contributed by atoms with Crippen LogP contribution in [0.5, 0.6) is 0 Å². The molecule has 0 aliphatic carbocycles. The zero-order valence-corrected chi connectivity index (χ0v) is 12.6. The summed E-state index contributed by atoms with van der Waals surface area (Å²) in [6, 6.07) is 7.34. The van der Waals surface area contributed by atoms with Crippen LogP contribution in [0.3, 0.4) is 0 Å². The maximum absolute atomic E-state index is 12.7. The van der Waals surface area contributed by atoms with Gasteiger partial charge in [-0.1, -0.05) is 38.5 Å². The molecular weight excluding hydrogens is 252 g/mol. The van der Waals surface area contributed by atoms with Crippen molar-refractivity contribution in [1.29, 1.82) is 0 Å². The van der Waals surface area contributed by atoms with Crippen molar-refractivity contribution in [2.75, 3.05) is 11.4 Å². The zero-order chi connectivity index (χ0) is 14.9. The second-order valence-electron chi connectivity index (χ2n) is 6.44. The van der Waals surface area contributed by atoms with E-state index in [0.717, 1.165) is 11.3 Å². The van der Waals surface area contributed by atoms with Crippen LogP contribution in [0.2, 0.25) is 0 Å². The Hall–Kier alpha value is -1.84. The normalized spacial score (nSPS) is 20.6. The molecule has 1 aromatic carbocycles. The van der Waals surface area contributed by atoms with Crippen molar-refractivity contribution in [3.8, 4) is 0 Å². The standard InChI is InChI=1S/C16H22N2O2/c1-11-5-7-12(8-6-11)18-10-9-13(19)17-14(15(18)20)16(2,3)4/h5-8,14H,9-10H2,1-4H3,(H,17,19). The van der Waals surface area contributed by atoms with Gasteiger partial charge in [-0.25, -0.2) is 0 Å². The molecule has 0 spiro atoms. The third-order valence-corrected chi connectivity index (χ3v) is 3.59. The van der Waals surface area contributed by atoms with E-state index in [-0.39, 0.29) is 17.2 Å². The number of benzene rings is 1. The van der Waals surface area contributed by atoms with Gasteiger partial charge in [-0.3, -0.25) is 9.59 Å². The first-order valence-corrected chi connectivity index (χ1v) is 6.96. The summed E-state index contributed by atoms with van der Waals surface area (Å²) in [5.74, 6) is -0.0971. The summed E-state index contributed by atoms with van der Waals surface area (Å²) in [6.07, 6.45) is 0.339. The lowest BCUT2D eigenvalue weighted by molar-refractivity contribution is -0.127. The number of amides is 2. The van der Waals surface area contributed by atoms with Gasteiger partial charge in [-0.2, -0.15) is 0 Å². The average Bonchev–Trinajstić information content (AvgIpc) is 2.50. The smallest absolute Gasteiger partial charge is 0.250 e. The molecule has 1 aliphatic heterocycles. The van der Waals surface area contributed by atoms with Crippen molar-refractivity contribution in [2.45, 2.75) is 40.2 Å². The average molecular weight is 274 g/mol. The molecule has 1 heterocycles. The number of rotatable bonds is 1. The fraction of sp³-hybridized carbons (Fsp3) is 0.500. The van der Waals surface area contributed by atoms with Crippen molar-refractivity contribution in [3.63, 3.8) is 0 Å². The first-order chi connectivity index (χ1) is 9.29. The van der Waals surface area contributed by atoms with Crippen LogP contribution in [0.15, 0.2) is 24.3 Å². The molecule has 1 fully saturated rings. The maximum atomic E-state index is 12.7. The quantitative estimate of drug-likeness (QED) is 0.854. The van der Waals surface area contributed by atoms with Gasteiger partial charge in [-0.05, 0) is 24.5 Å². The molecule has 1 N–H and O–H groups in total. The van der Waals surface area contributed by atoms with Gasteiger partial charge in [0.1, 0.15) is 6.04 Å². The second kappa shape index (κ2) is 5.27. The lowest BCUT2D eigenvalue weighted by atomic mass is 9.86. The van der Waals surface area contributed by atoms with E-state index in [2.05, 4.69) is 5.32 Å². The van der Waals surface area contributed by atoms with Gasteiger partial charge in [0.25, 0.3) is 0 Å². The molecule has 20 heavy (non-hydrogen) atoms. The summed E-state index contributed by atoms with van der Waals surface area (Å²) in [5.41, 5.74) is 1.70. The van der Waals surface area contributed by atoms with Crippen LogP contribution in [0.4, 0.5) is 5.69 Å². The Labute approximate surface area is 120 Å². The van der Waals surface area contributed by atoms with Crippen molar-refractivity contribution in [1.82, 2.24) is 5.32 Å². The number of carbonyl (C=O) groups is 2. The fourth-order valence-corrected chi connectivity index (χ4v) is 2.34. The van der Waals surface area contributed by atoms with Crippen molar-refractivity contribution in [3.05, 3.63) is 29.8 Å². The van der Waals surface area contributed by atoms with Crippen molar-refractivity contribution in [2.24, 2.45) is 5.41 Å². The van der Waals surface area contributed by atoms with Gasteiger partial charge in [0.05, 0.1) is 0 Å². The number of nitrogens with zero attached hydrogens (tertiary/aromatic N) is 1. The van der Waals surface area contributed by atoms with Crippen LogP contribution in [0.1, 0.15) is 32.8 Å². The van der Waals surface area contributed by atoms with Crippen LogP contribution in [0.25, 0.3) is 0 Å². The molecule has 1 atom stereocenters. The summed E-state index contributed by atoms with van der Waals surface area (Å²) in [5, 5.41) is 2.85. The van der Waals surface area contributed by atoms with Gasteiger partial charge < -0.3 is 10.2 Å². The molecule has 1 unspecified atom stereocenters. The molecule has 1 aliphatic rings. The first-order valence-electron chi connectivity index (χ1n) is 6.96. The molecule has 2 rings (SSSR count). The van der Waals surface area contributed by atoms with E-state index in [1.807, 2.05) is 52.0 Å². The van der Waals surface area contributed by atoms with Crippen LogP contribution in [-0.4, -0.2) is 24.4 Å². The molecule has 4 heteroatoms. The summed E-state index contributed by atoms with van der Waals surface area (Å²) < 4.78 is 0. The van der Waals surface area contributed by atoms with Crippen LogP contribution >= 0.6 is 0 Å². The third kappa shape index (κ3) is 3.00. The van der Waals surface area contributed by atoms with E-state index in [4.69, 9.17) is 0 Å². The molecule has 0 aromatic heterocycles. The van der Waals surface area contributed by atoms with E-state index in [1.165, 1.54) is 0 Å². The third-order valence-electron chi connectivity index (χ3n) is 3.59. The molecule has 0 saturated carbocycles. The molecular formula is C16H22N2O2. The number of anilines is 1. The Balaban J connectivity index is 2.35. The van der Waals surface area contributed by atoms with Crippen LogP contribution in [0, 0.1) is 12.3 Å². The number of aryl methyl sites for hydroxylation is 1. The summed E-state index contributed by atoms with van der Waals surface area (Å²) in [6.45, 7) is 8.34. The zero-order valence-electron chi connectivity index (χ0n) is 12.6. The summed E-state index contributed by atoms with van der Waals surface area (Å²) >= 11 is 0. The molecule has 0 bridgehead atoms. The van der Waals surface area contributed by atoms with Crippen LogP contribution in [-0.2, 0) is 9.59 Å². The minimum Gasteiger partial charge on any atom is -0.344 e. The lowest BCUT2D eigenvalue weighted by Crippen LogP contribution is -2.52. The summed E-state index contributed by atoms with van der Waals surface area (Å²) in [7, 11) is 0. The molecule has 2 amide bonds. The van der Waals surface area contributed by atoms with Gasteiger partial charge in [0.2, 0.25) is 11.8 Å². The Morgan fingerprint density at radius 3 is 2.30 bits per heavy atom. The highest BCUT2D eigenvalue weighted by Gasteiger charge is 2.38. The van der Waals surface area contributed by atoms with Gasteiger partial charge in [-0.15, -0.1) is 0 Å². The van der Waals surface area contributed by atoms with Crippen molar-refractivity contribution >= 4 is 17.5 Å².